The summed E-state index contributed by atoms with van der Waals surface area (Å²) >= 11 is 0. The van der Waals surface area contributed by atoms with Gasteiger partial charge in [-0.3, -0.25) is 4.57 Å². The molecule has 1 aromatic heterocycles. The van der Waals surface area contributed by atoms with Crippen molar-refractivity contribution >= 4 is 15.1 Å². The van der Waals surface area contributed by atoms with Gasteiger partial charge in [-0.15, -0.1) is 9.24 Å². The molecule has 16 heavy (non-hydrogen) atoms. The van der Waals surface area contributed by atoms with Crippen LogP contribution in [0.25, 0.3) is 0 Å². The molecule has 4 atom stereocenters. The summed E-state index contributed by atoms with van der Waals surface area (Å²) in [6, 6.07) is 1.55. The van der Waals surface area contributed by atoms with E-state index in [9.17, 15) is 4.79 Å². The molecular formula is C9H14N3O3P. The molecule has 1 fully saturated rings. The number of hydrogen-bond donors (Lipinski definition) is 2. The van der Waals surface area contributed by atoms with Crippen LogP contribution in [0.3, 0.4) is 0 Å². The molecular weight excluding hydrogens is 229 g/mol. The lowest BCUT2D eigenvalue weighted by atomic mass is 10.2. The summed E-state index contributed by atoms with van der Waals surface area (Å²) in [6.07, 6.45) is 1.59. The monoisotopic (exact) mass is 243 g/mol. The van der Waals surface area contributed by atoms with Crippen LogP contribution in [0.5, 0.6) is 0 Å². The molecule has 6 nitrogen and oxygen atoms in total. The van der Waals surface area contributed by atoms with Gasteiger partial charge in [-0.05, 0) is 6.07 Å². The molecule has 1 aliphatic rings. The zero-order valence-electron chi connectivity index (χ0n) is 8.61. The van der Waals surface area contributed by atoms with Crippen molar-refractivity contribution in [2.45, 2.75) is 24.4 Å². The molecule has 3 N–H and O–H groups in total. The average Bonchev–Trinajstić information content (AvgIpc) is 2.59. The van der Waals surface area contributed by atoms with Crippen LogP contribution in [0.2, 0.25) is 0 Å². The van der Waals surface area contributed by atoms with E-state index in [0.717, 1.165) is 0 Å². The smallest absolute Gasteiger partial charge is 0.351 e. The van der Waals surface area contributed by atoms with Gasteiger partial charge in [0.1, 0.15) is 12.0 Å². The van der Waals surface area contributed by atoms with Gasteiger partial charge in [0.25, 0.3) is 0 Å². The number of rotatable bonds is 2. The summed E-state index contributed by atoms with van der Waals surface area (Å²) in [4.78, 5) is 15.2. The molecule has 7 heteroatoms. The van der Waals surface area contributed by atoms with Crippen molar-refractivity contribution in [3.63, 3.8) is 0 Å². The maximum absolute atomic E-state index is 11.6. The minimum absolute atomic E-state index is 0.0538. The van der Waals surface area contributed by atoms with Gasteiger partial charge in [0.05, 0.1) is 12.7 Å². The van der Waals surface area contributed by atoms with Gasteiger partial charge in [-0.25, -0.2) is 4.79 Å². The maximum atomic E-state index is 11.6. The van der Waals surface area contributed by atoms with Gasteiger partial charge in [-0.2, -0.15) is 4.98 Å². The molecule has 1 saturated heterocycles. The minimum atomic E-state index is -0.430. The van der Waals surface area contributed by atoms with Gasteiger partial charge in [0.15, 0.2) is 0 Å². The third-order valence-corrected chi connectivity index (χ3v) is 3.33. The molecule has 1 aliphatic heterocycles. The zero-order chi connectivity index (χ0) is 11.7. The summed E-state index contributed by atoms with van der Waals surface area (Å²) in [6.45, 7) is -0.0538. The average molecular weight is 243 g/mol. The van der Waals surface area contributed by atoms with E-state index in [1.165, 1.54) is 4.57 Å². The van der Waals surface area contributed by atoms with Crippen molar-refractivity contribution in [2.24, 2.45) is 0 Å². The van der Waals surface area contributed by atoms with Gasteiger partial charge >= 0.3 is 5.69 Å². The van der Waals surface area contributed by atoms with Crippen LogP contribution in [0.15, 0.2) is 17.1 Å². The number of ether oxygens (including phenoxy) is 1. The van der Waals surface area contributed by atoms with Crippen LogP contribution in [-0.2, 0) is 4.74 Å². The van der Waals surface area contributed by atoms with Crippen molar-refractivity contribution in [3.05, 3.63) is 22.7 Å². The highest BCUT2D eigenvalue weighted by molar-refractivity contribution is 7.17. The van der Waals surface area contributed by atoms with E-state index in [0.29, 0.717) is 6.42 Å². The van der Waals surface area contributed by atoms with E-state index >= 15 is 0 Å². The Morgan fingerprint density at radius 2 is 2.50 bits per heavy atom. The molecule has 0 spiro atoms. The molecule has 0 aromatic carbocycles. The first-order valence-electron chi connectivity index (χ1n) is 4.98. The summed E-state index contributed by atoms with van der Waals surface area (Å²) in [7, 11) is 2.61. The number of aliphatic hydroxyl groups is 1. The number of nitrogen functional groups attached to an aromatic ring is 1. The first-order valence-corrected chi connectivity index (χ1v) is 5.65. The van der Waals surface area contributed by atoms with Crippen molar-refractivity contribution in [2.75, 3.05) is 12.3 Å². The van der Waals surface area contributed by atoms with Crippen molar-refractivity contribution in [1.29, 1.82) is 0 Å². The summed E-state index contributed by atoms with van der Waals surface area (Å²) < 4.78 is 6.93. The van der Waals surface area contributed by atoms with Crippen molar-refractivity contribution in [1.82, 2.24) is 9.55 Å². The summed E-state index contributed by atoms with van der Waals surface area (Å²) in [5.74, 6) is 0.195. The fourth-order valence-electron chi connectivity index (χ4n) is 1.75. The van der Waals surface area contributed by atoms with E-state index in [4.69, 9.17) is 15.6 Å². The van der Waals surface area contributed by atoms with Crippen LogP contribution in [0.1, 0.15) is 12.6 Å². The Labute approximate surface area is 94.6 Å². The molecule has 0 radical (unpaired) electrons. The second kappa shape index (κ2) is 4.49. The lowest BCUT2D eigenvalue weighted by Gasteiger charge is -2.14. The van der Waals surface area contributed by atoms with Gasteiger partial charge in [0.2, 0.25) is 0 Å². The number of anilines is 1. The summed E-state index contributed by atoms with van der Waals surface area (Å²) in [5.41, 5.74) is 5.11. The molecule has 0 amide bonds. The first-order chi connectivity index (χ1) is 7.61. The minimum Gasteiger partial charge on any atom is -0.394 e. The molecule has 2 heterocycles. The SMILES string of the molecule is Nc1ccn(C2CC(P)C(CO)O2)c(=O)n1. The van der Waals surface area contributed by atoms with E-state index in [-0.39, 0.29) is 30.4 Å². The van der Waals surface area contributed by atoms with Crippen molar-refractivity contribution in [3.8, 4) is 0 Å². The van der Waals surface area contributed by atoms with E-state index in [1.54, 1.807) is 12.3 Å². The Balaban J connectivity index is 2.23. The fourth-order valence-corrected chi connectivity index (χ4v) is 2.19. The van der Waals surface area contributed by atoms with Crippen LogP contribution in [0, 0.1) is 0 Å². The van der Waals surface area contributed by atoms with E-state index < -0.39 is 5.69 Å². The second-order valence-electron chi connectivity index (χ2n) is 3.75. The quantitative estimate of drug-likeness (QED) is 0.673. The van der Waals surface area contributed by atoms with Crippen LogP contribution in [0.4, 0.5) is 5.82 Å². The fraction of sp³-hybridized carbons (Fsp3) is 0.556. The largest absolute Gasteiger partial charge is 0.394 e. The first kappa shape index (κ1) is 11.5. The van der Waals surface area contributed by atoms with Gasteiger partial charge in [-0.1, -0.05) is 0 Å². The van der Waals surface area contributed by atoms with Crippen molar-refractivity contribution < 1.29 is 9.84 Å². The molecule has 0 bridgehead atoms. The molecule has 4 unspecified atom stereocenters. The Morgan fingerprint density at radius 3 is 3.06 bits per heavy atom. The lowest BCUT2D eigenvalue weighted by molar-refractivity contribution is -0.0237. The summed E-state index contributed by atoms with van der Waals surface area (Å²) in [5, 5.41) is 9.05. The van der Waals surface area contributed by atoms with Gasteiger partial charge < -0.3 is 15.6 Å². The van der Waals surface area contributed by atoms with Crippen LogP contribution < -0.4 is 11.4 Å². The standard InChI is InChI=1S/C9H14N3O3P/c10-7-1-2-12(9(14)11-7)8-3-6(16)5(4-13)15-8/h1-2,5-6,8,13H,3-4,16H2,(H2,10,11,14). The highest BCUT2D eigenvalue weighted by Gasteiger charge is 2.33. The Kier molecular flexibility index (Phi) is 3.23. The zero-order valence-corrected chi connectivity index (χ0v) is 9.77. The normalized spacial score (nSPS) is 29.5. The van der Waals surface area contributed by atoms with Gasteiger partial charge in [0, 0.05) is 18.3 Å². The van der Waals surface area contributed by atoms with E-state index in [2.05, 4.69) is 14.2 Å². The Morgan fingerprint density at radius 1 is 1.75 bits per heavy atom. The highest BCUT2D eigenvalue weighted by Crippen LogP contribution is 2.32. The second-order valence-corrected chi connectivity index (χ2v) is 4.61. The number of hydrogen-bond acceptors (Lipinski definition) is 5. The number of aromatic nitrogens is 2. The number of nitrogens with two attached hydrogens (primary N) is 1. The third-order valence-electron chi connectivity index (χ3n) is 2.62. The van der Waals surface area contributed by atoms with Crippen LogP contribution in [-0.4, -0.2) is 33.0 Å². The predicted octanol–water partition coefficient (Wildman–Crippen LogP) is -0.651. The lowest BCUT2D eigenvalue weighted by Crippen LogP contribution is -2.27. The molecule has 0 aliphatic carbocycles. The number of aliphatic hydroxyl groups excluding tert-OH is 1. The third kappa shape index (κ3) is 2.09. The molecule has 2 rings (SSSR count). The molecule has 1 aromatic rings. The predicted molar refractivity (Wildman–Crippen MR) is 62.0 cm³/mol. The molecule has 0 saturated carbocycles. The topological polar surface area (TPSA) is 90.4 Å². The number of nitrogens with zero attached hydrogens (tertiary/aromatic N) is 2. The molecule has 88 valence electrons. The maximum Gasteiger partial charge on any atom is 0.351 e. The van der Waals surface area contributed by atoms with E-state index in [1.807, 2.05) is 0 Å². The Bertz CT molecular complexity index is 436. The van der Waals surface area contributed by atoms with Crippen LogP contribution >= 0.6 is 9.24 Å². The Hall–Kier alpha value is -0.970. The highest BCUT2D eigenvalue weighted by atomic mass is 31.0.